The monoisotopic (exact) mass is 278 g/mol. The number of aryl methyl sites for hydroxylation is 1. The third kappa shape index (κ3) is 3.94. The average Bonchev–Trinajstić information content (AvgIpc) is 2.34. The molecule has 1 aromatic carbocycles. The Bertz CT molecular complexity index is 500. The van der Waals surface area contributed by atoms with Crippen molar-refractivity contribution >= 4 is 11.8 Å². The number of alkyl halides is 3. The lowest BCUT2D eigenvalue weighted by Crippen LogP contribution is -2.47. The molecule has 0 saturated heterocycles. The lowest BCUT2D eigenvalue weighted by Gasteiger charge is -2.09. The van der Waals surface area contributed by atoms with E-state index in [1.807, 2.05) is 0 Å². The molecule has 4 nitrogen and oxygen atoms in total. The van der Waals surface area contributed by atoms with Crippen molar-refractivity contribution in [2.75, 3.05) is 0 Å². The highest BCUT2D eigenvalue weighted by atomic mass is 19.4. The van der Waals surface area contributed by atoms with Crippen molar-refractivity contribution in [3.05, 3.63) is 35.1 Å². The minimum atomic E-state index is -5.11. The van der Waals surface area contributed by atoms with E-state index in [-0.39, 0.29) is 5.56 Å². The Kier molecular flexibility index (Phi) is 4.47. The van der Waals surface area contributed by atoms with Gasteiger partial charge in [-0.15, -0.1) is 0 Å². The van der Waals surface area contributed by atoms with Crippen molar-refractivity contribution in [3.8, 4) is 0 Å². The molecule has 0 heterocycles. The Morgan fingerprint density at radius 1 is 1.21 bits per heavy atom. The third-order valence-corrected chi connectivity index (χ3v) is 2.24. The molecule has 0 atom stereocenters. The van der Waals surface area contributed by atoms with Crippen molar-refractivity contribution in [2.45, 2.75) is 19.5 Å². The van der Waals surface area contributed by atoms with E-state index in [2.05, 4.69) is 0 Å². The van der Waals surface area contributed by atoms with Crippen molar-refractivity contribution in [3.63, 3.8) is 0 Å². The van der Waals surface area contributed by atoms with E-state index < -0.39 is 23.8 Å². The van der Waals surface area contributed by atoms with Crippen LogP contribution in [0.2, 0.25) is 0 Å². The van der Waals surface area contributed by atoms with Gasteiger partial charge in [0.25, 0.3) is 5.91 Å². The smallest absolute Gasteiger partial charge is 0.267 e. The molecule has 0 bridgehead atoms. The molecule has 0 aromatic heterocycles. The zero-order valence-corrected chi connectivity index (χ0v) is 9.77. The van der Waals surface area contributed by atoms with Gasteiger partial charge in [-0.05, 0) is 24.1 Å². The Morgan fingerprint density at radius 2 is 1.84 bits per heavy atom. The quantitative estimate of drug-likeness (QED) is 0.639. The van der Waals surface area contributed by atoms with Gasteiger partial charge < -0.3 is 0 Å². The molecule has 1 rings (SSSR count). The topological polar surface area (TPSA) is 58.2 Å². The summed E-state index contributed by atoms with van der Waals surface area (Å²) in [5.41, 5.74) is 2.90. The molecular formula is C11H10F4N2O2. The highest BCUT2D eigenvalue weighted by Crippen LogP contribution is 2.14. The molecule has 0 aliphatic carbocycles. The summed E-state index contributed by atoms with van der Waals surface area (Å²) < 4.78 is 48.9. The maximum absolute atomic E-state index is 13.4. The number of hydrogen-bond donors (Lipinski definition) is 2. The normalized spacial score (nSPS) is 11.0. The van der Waals surface area contributed by atoms with Gasteiger partial charge in [0.2, 0.25) is 0 Å². The first kappa shape index (κ1) is 14.9. The Hall–Kier alpha value is -2.12. The highest BCUT2D eigenvalue weighted by Gasteiger charge is 2.38. The molecule has 0 aliphatic heterocycles. The lowest BCUT2D eigenvalue weighted by atomic mass is 10.1. The summed E-state index contributed by atoms with van der Waals surface area (Å²) >= 11 is 0. The molecule has 0 unspecified atom stereocenters. The number of amides is 2. The fourth-order valence-electron chi connectivity index (χ4n) is 1.23. The summed E-state index contributed by atoms with van der Waals surface area (Å²) in [5.74, 6) is -4.00. The average molecular weight is 278 g/mol. The largest absolute Gasteiger partial charge is 0.472 e. The van der Waals surface area contributed by atoms with Gasteiger partial charge in [0.1, 0.15) is 5.82 Å². The molecule has 0 saturated carbocycles. The van der Waals surface area contributed by atoms with E-state index in [4.69, 9.17) is 0 Å². The van der Waals surface area contributed by atoms with Crippen LogP contribution in [0.25, 0.3) is 0 Å². The van der Waals surface area contributed by atoms with Gasteiger partial charge >= 0.3 is 12.1 Å². The molecule has 19 heavy (non-hydrogen) atoms. The highest BCUT2D eigenvalue weighted by molar-refractivity contribution is 5.95. The van der Waals surface area contributed by atoms with E-state index in [0.717, 1.165) is 6.07 Å². The summed E-state index contributed by atoms with van der Waals surface area (Å²) in [6.45, 7) is 1.71. The van der Waals surface area contributed by atoms with E-state index in [0.29, 0.717) is 12.0 Å². The fourth-order valence-corrected chi connectivity index (χ4v) is 1.23. The second kappa shape index (κ2) is 5.68. The molecule has 0 spiro atoms. The summed E-state index contributed by atoms with van der Waals surface area (Å²) in [4.78, 5) is 21.8. The van der Waals surface area contributed by atoms with Crippen LogP contribution in [-0.2, 0) is 11.2 Å². The summed E-state index contributed by atoms with van der Waals surface area (Å²) in [6, 6.07) is 3.47. The van der Waals surface area contributed by atoms with Crippen LogP contribution in [0.15, 0.2) is 18.2 Å². The summed E-state index contributed by atoms with van der Waals surface area (Å²) in [6.07, 6.45) is -4.69. The molecule has 0 radical (unpaired) electrons. The third-order valence-electron chi connectivity index (χ3n) is 2.24. The number of rotatable bonds is 2. The van der Waals surface area contributed by atoms with Crippen LogP contribution in [-0.4, -0.2) is 18.0 Å². The first-order chi connectivity index (χ1) is 8.75. The number of carbonyl (C=O) groups excluding carboxylic acids is 2. The van der Waals surface area contributed by atoms with Crippen LogP contribution < -0.4 is 10.9 Å². The Labute approximate surface area is 105 Å². The van der Waals surface area contributed by atoms with Crippen molar-refractivity contribution < 1.29 is 27.2 Å². The van der Waals surface area contributed by atoms with Gasteiger partial charge in [-0.1, -0.05) is 13.0 Å². The van der Waals surface area contributed by atoms with Gasteiger partial charge in [-0.25, -0.2) is 4.39 Å². The zero-order valence-electron chi connectivity index (χ0n) is 9.77. The van der Waals surface area contributed by atoms with Crippen LogP contribution in [0.4, 0.5) is 17.6 Å². The van der Waals surface area contributed by atoms with Gasteiger partial charge in [0, 0.05) is 5.56 Å². The number of nitrogens with one attached hydrogen (secondary N) is 2. The van der Waals surface area contributed by atoms with Gasteiger partial charge in [-0.3, -0.25) is 20.4 Å². The van der Waals surface area contributed by atoms with Gasteiger partial charge in [0.05, 0.1) is 0 Å². The van der Waals surface area contributed by atoms with E-state index >= 15 is 0 Å². The lowest BCUT2D eigenvalue weighted by molar-refractivity contribution is -0.174. The summed E-state index contributed by atoms with van der Waals surface area (Å²) in [7, 11) is 0. The van der Waals surface area contributed by atoms with Crippen molar-refractivity contribution in [1.82, 2.24) is 10.9 Å². The fraction of sp³-hybridized carbons (Fsp3) is 0.273. The van der Waals surface area contributed by atoms with Crippen LogP contribution in [0, 0.1) is 5.82 Å². The van der Waals surface area contributed by atoms with Crippen LogP contribution >= 0.6 is 0 Å². The Morgan fingerprint density at radius 3 is 2.32 bits per heavy atom. The first-order valence-electron chi connectivity index (χ1n) is 5.21. The second-order valence-electron chi connectivity index (χ2n) is 3.57. The SMILES string of the molecule is CCc1ccc(C(=O)NNC(=O)C(F)(F)F)cc1F. The van der Waals surface area contributed by atoms with Crippen molar-refractivity contribution in [2.24, 2.45) is 0 Å². The van der Waals surface area contributed by atoms with E-state index in [1.54, 1.807) is 12.3 Å². The number of carbonyl (C=O) groups is 2. The first-order valence-corrected chi connectivity index (χ1v) is 5.21. The van der Waals surface area contributed by atoms with Crippen LogP contribution in [0.5, 0.6) is 0 Å². The zero-order chi connectivity index (χ0) is 14.6. The van der Waals surface area contributed by atoms with Crippen molar-refractivity contribution in [1.29, 1.82) is 0 Å². The number of hydrogen-bond acceptors (Lipinski definition) is 2. The van der Waals surface area contributed by atoms with E-state index in [1.165, 1.54) is 17.6 Å². The number of benzene rings is 1. The predicted octanol–water partition coefficient (Wildman–Crippen LogP) is 1.71. The maximum Gasteiger partial charge on any atom is 0.472 e. The molecule has 2 N–H and O–H groups in total. The molecule has 104 valence electrons. The molecule has 1 aromatic rings. The molecule has 2 amide bonds. The number of halogens is 4. The molecule has 0 aliphatic rings. The molecular weight excluding hydrogens is 268 g/mol. The van der Waals surface area contributed by atoms with Crippen LogP contribution in [0.1, 0.15) is 22.8 Å². The van der Waals surface area contributed by atoms with Gasteiger partial charge in [0.15, 0.2) is 0 Å². The summed E-state index contributed by atoms with van der Waals surface area (Å²) in [5, 5.41) is 0. The maximum atomic E-state index is 13.4. The molecule has 8 heteroatoms. The number of hydrazine groups is 1. The molecule has 0 fully saturated rings. The predicted molar refractivity (Wildman–Crippen MR) is 57.4 cm³/mol. The Balaban J connectivity index is 2.69. The van der Waals surface area contributed by atoms with Gasteiger partial charge in [-0.2, -0.15) is 13.2 Å². The van der Waals surface area contributed by atoms with E-state index in [9.17, 15) is 27.2 Å². The standard InChI is InChI=1S/C11H10F4N2O2/c1-2-6-3-4-7(5-8(6)12)9(18)16-17-10(19)11(13,14)15/h3-5H,2H2,1H3,(H,16,18)(H,17,19). The second-order valence-corrected chi connectivity index (χ2v) is 3.57. The minimum absolute atomic E-state index is 0.197. The van der Waals surface area contributed by atoms with Crippen LogP contribution in [0.3, 0.4) is 0 Å². The minimum Gasteiger partial charge on any atom is -0.267 e.